The van der Waals surface area contributed by atoms with E-state index in [0.29, 0.717) is 18.4 Å². The van der Waals surface area contributed by atoms with E-state index in [1.807, 2.05) is 19.2 Å². The van der Waals surface area contributed by atoms with Gasteiger partial charge in [-0.15, -0.1) is 10.2 Å². The van der Waals surface area contributed by atoms with Crippen molar-refractivity contribution in [2.24, 2.45) is 0 Å². The number of rotatable bonds is 5. The molecule has 5 rings (SSSR count). The third kappa shape index (κ3) is 3.41. The first-order chi connectivity index (χ1) is 15.6. The molecule has 3 aromatic rings. The van der Waals surface area contributed by atoms with Crippen molar-refractivity contribution >= 4 is 11.7 Å². The number of carbonyl (C=O) groups excluding carboxylic acids is 1. The molecule has 1 atom stereocenters. The van der Waals surface area contributed by atoms with Crippen molar-refractivity contribution in [1.82, 2.24) is 35.0 Å². The maximum Gasteiger partial charge on any atom is 0.217 e. The number of aryl methyl sites for hydroxylation is 1. The minimum Gasteiger partial charge on any atom is -0.352 e. The van der Waals surface area contributed by atoms with E-state index in [2.05, 4.69) is 36.9 Å². The van der Waals surface area contributed by atoms with Gasteiger partial charge in [0, 0.05) is 43.0 Å². The highest BCUT2D eigenvalue weighted by Crippen LogP contribution is 2.43. The smallest absolute Gasteiger partial charge is 0.217 e. The second kappa shape index (κ2) is 8.29. The Morgan fingerprint density at radius 2 is 2.03 bits per heavy atom. The van der Waals surface area contributed by atoms with Crippen LogP contribution in [0.3, 0.4) is 0 Å². The average molecular weight is 433 g/mol. The molecular formula is C23H28N8O. The van der Waals surface area contributed by atoms with Crippen molar-refractivity contribution in [2.45, 2.75) is 71.5 Å². The van der Waals surface area contributed by atoms with E-state index < -0.39 is 0 Å². The Kier molecular flexibility index (Phi) is 5.32. The van der Waals surface area contributed by atoms with Gasteiger partial charge >= 0.3 is 0 Å². The molecule has 1 saturated carbocycles. The Hall–Kier alpha value is -3.36. The van der Waals surface area contributed by atoms with E-state index >= 15 is 0 Å². The zero-order chi connectivity index (χ0) is 22.2. The van der Waals surface area contributed by atoms with Crippen LogP contribution in [0.15, 0.2) is 24.7 Å². The Morgan fingerprint density at radius 3 is 2.78 bits per heavy atom. The predicted molar refractivity (Wildman–Crippen MR) is 120 cm³/mol. The summed E-state index contributed by atoms with van der Waals surface area (Å²) >= 11 is 0. The van der Waals surface area contributed by atoms with E-state index in [1.165, 1.54) is 19.8 Å². The number of amides is 1. The van der Waals surface area contributed by atoms with Crippen LogP contribution in [-0.4, -0.2) is 41.7 Å². The maximum atomic E-state index is 11.5. The van der Waals surface area contributed by atoms with E-state index in [9.17, 15) is 4.79 Å². The second-order valence-corrected chi connectivity index (χ2v) is 8.56. The van der Waals surface area contributed by atoms with Crippen LogP contribution >= 0.6 is 0 Å². The number of fused-ring (bicyclic) bond motifs is 3. The highest BCUT2D eigenvalue weighted by molar-refractivity contribution is 5.73. The zero-order valence-corrected chi connectivity index (χ0v) is 18.7. The van der Waals surface area contributed by atoms with Crippen molar-refractivity contribution in [1.29, 1.82) is 0 Å². The first kappa shape index (κ1) is 20.5. The molecule has 1 aliphatic heterocycles. The minimum atomic E-state index is -0.0834. The van der Waals surface area contributed by atoms with Crippen LogP contribution in [0.4, 0.5) is 5.82 Å². The van der Waals surface area contributed by atoms with Gasteiger partial charge in [-0.25, -0.2) is 9.97 Å². The van der Waals surface area contributed by atoms with Crippen LogP contribution in [0.1, 0.15) is 69.2 Å². The van der Waals surface area contributed by atoms with Crippen molar-refractivity contribution < 1.29 is 4.79 Å². The molecule has 0 aromatic carbocycles. The molecular weight excluding hydrogens is 404 g/mol. The number of nitrogens with zero attached hydrogens (tertiary/aromatic N) is 7. The summed E-state index contributed by atoms with van der Waals surface area (Å²) in [7, 11) is 0. The summed E-state index contributed by atoms with van der Waals surface area (Å²) in [5.41, 5.74) is 2.70. The third-order valence-electron chi connectivity index (χ3n) is 6.50. The number of nitrogens with one attached hydrogen (secondary N) is 1. The molecule has 0 bridgehead atoms. The topological polar surface area (TPSA) is 102 Å². The third-order valence-corrected chi connectivity index (χ3v) is 6.50. The largest absolute Gasteiger partial charge is 0.352 e. The van der Waals surface area contributed by atoms with Gasteiger partial charge < -0.3 is 10.2 Å². The summed E-state index contributed by atoms with van der Waals surface area (Å²) in [4.78, 5) is 28.0. The normalized spacial score (nSPS) is 17.8. The highest BCUT2D eigenvalue weighted by atomic mass is 16.1. The molecule has 1 N–H and O–H groups in total. The van der Waals surface area contributed by atoms with E-state index in [4.69, 9.17) is 9.97 Å². The Bertz CT molecular complexity index is 1150. The summed E-state index contributed by atoms with van der Waals surface area (Å²) in [5.74, 6) is 3.30. The van der Waals surface area contributed by atoms with Gasteiger partial charge in [-0.3, -0.25) is 14.3 Å². The number of hydrogen-bond donors (Lipinski definition) is 1. The summed E-state index contributed by atoms with van der Waals surface area (Å²) in [5, 5.41) is 11.8. The molecule has 4 heterocycles. The van der Waals surface area contributed by atoms with Gasteiger partial charge in [0.1, 0.15) is 11.5 Å². The molecule has 9 nitrogen and oxygen atoms in total. The molecule has 0 radical (unpaired) electrons. The lowest BCUT2D eigenvalue weighted by Crippen LogP contribution is -2.42. The molecule has 3 aromatic heterocycles. The summed E-state index contributed by atoms with van der Waals surface area (Å²) < 4.78 is 2.10. The number of anilines is 1. The number of hydrogen-bond acceptors (Lipinski definition) is 7. The van der Waals surface area contributed by atoms with Gasteiger partial charge in [0.2, 0.25) is 5.91 Å². The molecule has 32 heavy (non-hydrogen) atoms. The van der Waals surface area contributed by atoms with E-state index in [1.54, 1.807) is 12.4 Å². The number of pyridine rings is 1. The first-order valence-electron chi connectivity index (χ1n) is 11.3. The van der Waals surface area contributed by atoms with Gasteiger partial charge in [0.05, 0.1) is 12.2 Å². The number of carbonyl (C=O) groups is 1. The Morgan fingerprint density at radius 1 is 1.22 bits per heavy atom. The average Bonchev–Trinajstić information content (AvgIpc) is 3.47. The molecule has 2 aliphatic rings. The van der Waals surface area contributed by atoms with Gasteiger partial charge in [-0.2, -0.15) is 0 Å². The lowest BCUT2D eigenvalue weighted by Gasteiger charge is -2.41. The highest BCUT2D eigenvalue weighted by Gasteiger charge is 2.39. The van der Waals surface area contributed by atoms with Crippen LogP contribution in [0.2, 0.25) is 0 Å². The van der Waals surface area contributed by atoms with Gasteiger partial charge in [-0.05, 0) is 32.3 Å². The van der Waals surface area contributed by atoms with Crippen LogP contribution < -0.4 is 10.2 Å². The van der Waals surface area contributed by atoms with Crippen molar-refractivity contribution in [3.63, 3.8) is 0 Å². The molecule has 1 amide bonds. The van der Waals surface area contributed by atoms with Crippen LogP contribution in [0.25, 0.3) is 17.1 Å². The fraction of sp³-hybridized carbons (Fsp3) is 0.478. The van der Waals surface area contributed by atoms with Crippen LogP contribution in [0, 0.1) is 6.92 Å². The van der Waals surface area contributed by atoms with E-state index in [0.717, 1.165) is 53.5 Å². The fourth-order valence-corrected chi connectivity index (χ4v) is 5.00. The lowest BCUT2D eigenvalue weighted by atomic mass is 10.0. The zero-order valence-electron chi connectivity index (χ0n) is 18.7. The molecule has 0 unspecified atom stereocenters. The second-order valence-electron chi connectivity index (χ2n) is 8.56. The van der Waals surface area contributed by atoms with E-state index in [-0.39, 0.29) is 11.9 Å². The summed E-state index contributed by atoms with van der Waals surface area (Å²) in [6.07, 6.45) is 11.1. The maximum absolute atomic E-state index is 11.5. The summed E-state index contributed by atoms with van der Waals surface area (Å²) in [6.45, 7) is 6.06. The number of aromatic nitrogens is 6. The molecule has 0 spiro atoms. The predicted octanol–water partition coefficient (Wildman–Crippen LogP) is 3.28. The minimum absolute atomic E-state index is 0.0834. The molecule has 0 saturated heterocycles. The monoisotopic (exact) mass is 432 g/mol. The lowest BCUT2D eigenvalue weighted by molar-refractivity contribution is -0.119. The summed E-state index contributed by atoms with van der Waals surface area (Å²) in [6, 6.07) is 2.48. The van der Waals surface area contributed by atoms with Crippen LogP contribution in [0.5, 0.6) is 0 Å². The molecule has 1 aliphatic carbocycles. The van der Waals surface area contributed by atoms with Crippen LogP contribution in [-0.2, 0) is 11.3 Å². The van der Waals surface area contributed by atoms with Gasteiger partial charge in [0.15, 0.2) is 17.5 Å². The standard InChI is InChI=1S/C23H28N8O/c1-4-19-23-29-28-14(2)30(23)20-13-26-21(27-22(20)31(19)17-7-5-6-8-17)18-9-10-24-11-16(18)12-25-15(3)32/h9-11,13,17,19H,4-8,12H2,1-3H3,(H,25,32)/t19-/m1/s1. The fourth-order valence-electron chi connectivity index (χ4n) is 5.00. The van der Waals surface area contributed by atoms with Gasteiger partial charge in [-0.1, -0.05) is 19.8 Å². The Labute approximate surface area is 187 Å². The van der Waals surface area contributed by atoms with Crippen molar-refractivity contribution in [3.05, 3.63) is 41.9 Å². The molecule has 1 fully saturated rings. The molecule has 166 valence electrons. The van der Waals surface area contributed by atoms with Crippen molar-refractivity contribution in [3.8, 4) is 17.1 Å². The van der Waals surface area contributed by atoms with Gasteiger partial charge in [0.25, 0.3) is 0 Å². The molecule has 9 heteroatoms. The first-order valence-corrected chi connectivity index (χ1v) is 11.3. The quantitative estimate of drug-likeness (QED) is 0.660. The Balaban J connectivity index is 1.65. The SMILES string of the molecule is CC[C@@H]1c2nnc(C)n2-c2cnc(-c3ccncc3CNC(C)=O)nc2N1C1CCCC1. The van der Waals surface area contributed by atoms with Crippen molar-refractivity contribution in [2.75, 3.05) is 4.90 Å².